The van der Waals surface area contributed by atoms with Gasteiger partial charge in [-0.1, -0.05) is 18.2 Å². The SMILES string of the molecule is Cc1nc(C)c(C(C)NC(=O)C2Cc3ccccc3N2)s1. The van der Waals surface area contributed by atoms with Crippen molar-refractivity contribution in [3.8, 4) is 0 Å². The average Bonchev–Trinajstić information content (AvgIpc) is 3.01. The van der Waals surface area contributed by atoms with E-state index in [4.69, 9.17) is 0 Å². The molecule has 2 heterocycles. The Hall–Kier alpha value is -1.88. The van der Waals surface area contributed by atoms with E-state index in [1.807, 2.05) is 39.0 Å². The molecule has 4 nitrogen and oxygen atoms in total. The van der Waals surface area contributed by atoms with Gasteiger partial charge < -0.3 is 10.6 Å². The van der Waals surface area contributed by atoms with E-state index in [1.165, 1.54) is 5.56 Å². The van der Waals surface area contributed by atoms with Crippen LogP contribution in [-0.2, 0) is 11.2 Å². The van der Waals surface area contributed by atoms with E-state index in [0.717, 1.165) is 27.7 Å². The lowest BCUT2D eigenvalue weighted by Crippen LogP contribution is -2.39. The number of fused-ring (bicyclic) bond motifs is 1. The van der Waals surface area contributed by atoms with Gasteiger partial charge in [0.2, 0.25) is 5.91 Å². The maximum absolute atomic E-state index is 12.4. The standard InChI is InChI=1S/C16H19N3OS/c1-9-15(21-11(3)17-9)10(2)18-16(20)14-8-12-6-4-5-7-13(12)19-14/h4-7,10,14,19H,8H2,1-3H3,(H,18,20). The van der Waals surface area contributed by atoms with Crippen molar-refractivity contribution in [3.05, 3.63) is 45.4 Å². The largest absolute Gasteiger partial charge is 0.373 e. The number of para-hydroxylation sites is 1. The Balaban J connectivity index is 1.67. The third-order valence-electron chi connectivity index (χ3n) is 3.78. The number of benzene rings is 1. The minimum atomic E-state index is -0.181. The third kappa shape index (κ3) is 2.78. The van der Waals surface area contributed by atoms with Gasteiger partial charge in [-0.15, -0.1) is 11.3 Å². The zero-order valence-electron chi connectivity index (χ0n) is 12.4. The van der Waals surface area contributed by atoms with Crippen LogP contribution in [0.15, 0.2) is 24.3 Å². The van der Waals surface area contributed by atoms with Gasteiger partial charge in [0.1, 0.15) is 6.04 Å². The Morgan fingerprint density at radius 3 is 2.86 bits per heavy atom. The number of carbonyl (C=O) groups excluding carboxylic acids is 1. The van der Waals surface area contributed by atoms with Crippen molar-refractivity contribution in [2.45, 2.75) is 39.3 Å². The van der Waals surface area contributed by atoms with Crippen molar-refractivity contribution in [3.63, 3.8) is 0 Å². The molecule has 21 heavy (non-hydrogen) atoms. The van der Waals surface area contributed by atoms with E-state index < -0.39 is 0 Å². The van der Waals surface area contributed by atoms with E-state index in [1.54, 1.807) is 11.3 Å². The number of aryl methyl sites for hydroxylation is 2. The minimum absolute atomic E-state index is 0.00536. The highest BCUT2D eigenvalue weighted by Crippen LogP contribution is 2.27. The molecule has 0 saturated heterocycles. The van der Waals surface area contributed by atoms with Crippen LogP contribution in [0.3, 0.4) is 0 Å². The number of hydrogen-bond acceptors (Lipinski definition) is 4. The molecule has 2 aromatic rings. The summed E-state index contributed by atoms with van der Waals surface area (Å²) >= 11 is 1.65. The number of thiazole rings is 1. The Morgan fingerprint density at radius 2 is 2.19 bits per heavy atom. The van der Waals surface area contributed by atoms with Crippen molar-refractivity contribution in [2.75, 3.05) is 5.32 Å². The van der Waals surface area contributed by atoms with Gasteiger partial charge in [0, 0.05) is 17.0 Å². The topological polar surface area (TPSA) is 54.0 Å². The van der Waals surface area contributed by atoms with Gasteiger partial charge in [-0.2, -0.15) is 0 Å². The molecule has 1 aliphatic heterocycles. The van der Waals surface area contributed by atoms with Gasteiger partial charge in [-0.05, 0) is 32.4 Å². The van der Waals surface area contributed by atoms with E-state index in [0.29, 0.717) is 0 Å². The molecule has 1 aromatic heterocycles. The van der Waals surface area contributed by atoms with Gasteiger partial charge in [0.05, 0.1) is 16.7 Å². The fourth-order valence-electron chi connectivity index (χ4n) is 2.78. The molecule has 5 heteroatoms. The van der Waals surface area contributed by atoms with E-state index >= 15 is 0 Å². The van der Waals surface area contributed by atoms with Crippen LogP contribution in [0.2, 0.25) is 0 Å². The predicted octanol–water partition coefficient (Wildman–Crippen LogP) is 2.97. The maximum Gasteiger partial charge on any atom is 0.243 e. The van der Waals surface area contributed by atoms with Crippen LogP contribution in [0.4, 0.5) is 5.69 Å². The van der Waals surface area contributed by atoms with Gasteiger partial charge in [0.15, 0.2) is 0 Å². The van der Waals surface area contributed by atoms with Crippen molar-refractivity contribution in [1.82, 2.24) is 10.3 Å². The smallest absolute Gasteiger partial charge is 0.243 e. The summed E-state index contributed by atoms with van der Waals surface area (Å²) in [6.07, 6.45) is 0.745. The van der Waals surface area contributed by atoms with Gasteiger partial charge in [0.25, 0.3) is 0 Å². The number of hydrogen-bond donors (Lipinski definition) is 2. The van der Waals surface area contributed by atoms with Crippen LogP contribution in [-0.4, -0.2) is 16.9 Å². The number of amides is 1. The molecule has 0 spiro atoms. The highest BCUT2D eigenvalue weighted by molar-refractivity contribution is 7.11. The molecule has 2 unspecified atom stereocenters. The number of anilines is 1. The number of nitrogens with one attached hydrogen (secondary N) is 2. The summed E-state index contributed by atoms with van der Waals surface area (Å²) in [5.74, 6) is 0.0455. The monoisotopic (exact) mass is 301 g/mol. The first kappa shape index (κ1) is 14.1. The molecule has 0 radical (unpaired) electrons. The Labute approximate surface area is 128 Å². The molecule has 1 aromatic carbocycles. The van der Waals surface area contributed by atoms with Gasteiger partial charge in [-0.25, -0.2) is 4.98 Å². The molecule has 3 rings (SSSR count). The number of aromatic nitrogens is 1. The fraction of sp³-hybridized carbons (Fsp3) is 0.375. The van der Waals surface area contributed by atoms with Gasteiger partial charge >= 0.3 is 0 Å². The lowest BCUT2D eigenvalue weighted by molar-refractivity contribution is -0.122. The van der Waals surface area contributed by atoms with E-state index in [9.17, 15) is 4.79 Å². The Kier molecular flexibility index (Phi) is 3.68. The van der Waals surface area contributed by atoms with Crippen LogP contribution in [0.1, 0.15) is 34.1 Å². The first-order chi connectivity index (χ1) is 10.0. The first-order valence-electron chi connectivity index (χ1n) is 7.13. The summed E-state index contributed by atoms with van der Waals surface area (Å²) in [6, 6.07) is 7.89. The summed E-state index contributed by atoms with van der Waals surface area (Å²) in [7, 11) is 0. The molecule has 2 N–H and O–H groups in total. The fourth-order valence-corrected chi connectivity index (χ4v) is 3.71. The highest BCUT2D eigenvalue weighted by Gasteiger charge is 2.27. The summed E-state index contributed by atoms with van der Waals surface area (Å²) in [5, 5.41) is 7.42. The first-order valence-corrected chi connectivity index (χ1v) is 7.95. The molecule has 2 atom stereocenters. The van der Waals surface area contributed by atoms with Crippen molar-refractivity contribution in [2.24, 2.45) is 0 Å². The molecule has 1 aliphatic rings. The number of rotatable bonds is 3. The van der Waals surface area contributed by atoms with Crippen molar-refractivity contribution in [1.29, 1.82) is 0 Å². The second-order valence-electron chi connectivity index (χ2n) is 5.47. The molecule has 0 bridgehead atoms. The molecule has 0 fully saturated rings. The molecule has 0 aliphatic carbocycles. The lowest BCUT2D eigenvalue weighted by atomic mass is 10.1. The predicted molar refractivity (Wildman–Crippen MR) is 85.7 cm³/mol. The molecular weight excluding hydrogens is 282 g/mol. The van der Waals surface area contributed by atoms with Gasteiger partial charge in [-0.3, -0.25) is 4.79 Å². The van der Waals surface area contributed by atoms with Crippen LogP contribution in [0.25, 0.3) is 0 Å². The molecule has 1 amide bonds. The highest BCUT2D eigenvalue weighted by atomic mass is 32.1. The Bertz CT molecular complexity index is 655. The summed E-state index contributed by atoms with van der Waals surface area (Å²) < 4.78 is 0. The quantitative estimate of drug-likeness (QED) is 0.916. The van der Waals surface area contributed by atoms with E-state index in [2.05, 4.69) is 21.7 Å². The van der Waals surface area contributed by atoms with Crippen LogP contribution in [0, 0.1) is 13.8 Å². The number of nitrogens with zero attached hydrogens (tertiary/aromatic N) is 1. The lowest BCUT2D eigenvalue weighted by Gasteiger charge is -2.17. The van der Waals surface area contributed by atoms with Crippen LogP contribution >= 0.6 is 11.3 Å². The second kappa shape index (κ2) is 5.48. The van der Waals surface area contributed by atoms with Crippen LogP contribution < -0.4 is 10.6 Å². The minimum Gasteiger partial charge on any atom is -0.373 e. The normalized spacial score (nSPS) is 18.0. The molecule has 110 valence electrons. The summed E-state index contributed by atoms with van der Waals surface area (Å²) in [5.41, 5.74) is 3.28. The van der Waals surface area contributed by atoms with E-state index in [-0.39, 0.29) is 18.0 Å². The maximum atomic E-state index is 12.4. The molecular formula is C16H19N3OS. The Morgan fingerprint density at radius 1 is 1.43 bits per heavy atom. The van der Waals surface area contributed by atoms with Crippen molar-refractivity contribution >= 4 is 22.9 Å². The zero-order chi connectivity index (χ0) is 15.0. The summed E-state index contributed by atoms with van der Waals surface area (Å²) in [4.78, 5) is 18.0. The molecule has 0 saturated carbocycles. The third-order valence-corrected chi connectivity index (χ3v) is 5.03. The zero-order valence-corrected chi connectivity index (χ0v) is 13.3. The van der Waals surface area contributed by atoms with Crippen LogP contribution in [0.5, 0.6) is 0 Å². The second-order valence-corrected chi connectivity index (χ2v) is 6.71. The summed E-state index contributed by atoms with van der Waals surface area (Å²) in [6.45, 7) is 6.00. The number of carbonyl (C=O) groups is 1. The van der Waals surface area contributed by atoms with Crippen molar-refractivity contribution < 1.29 is 4.79 Å². The average molecular weight is 301 g/mol.